The Labute approximate surface area is 123 Å². The van der Waals surface area contributed by atoms with Crippen molar-refractivity contribution in [3.05, 3.63) is 51.2 Å². The smallest absolute Gasteiger partial charge is 0.127 e. The molecule has 108 valence electrons. The molecule has 0 aliphatic heterocycles. The maximum atomic E-state index is 13.9. The Morgan fingerprint density at radius 2 is 2.15 bits per heavy atom. The van der Waals surface area contributed by atoms with Gasteiger partial charge in [-0.15, -0.1) is 11.3 Å². The molecule has 5 heteroatoms. The van der Waals surface area contributed by atoms with Crippen molar-refractivity contribution in [3.8, 4) is 0 Å². The number of rotatable bonds is 6. The van der Waals surface area contributed by atoms with Crippen LogP contribution in [0, 0.1) is 12.7 Å². The first-order valence-electron chi connectivity index (χ1n) is 6.60. The van der Waals surface area contributed by atoms with Crippen molar-refractivity contribution < 1.29 is 4.39 Å². The monoisotopic (exact) mass is 293 g/mol. The minimum Gasteiger partial charge on any atom is -0.316 e. The summed E-state index contributed by atoms with van der Waals surface area (Å²) in [5, 5.41) is 6.20. The highest BCUT2D eigenvalue weighted by molar-refractivity contribution is 7.09. The first kappa shape index (κ1) is 15.1. The summed E-state index contributed by atoms with van der Waals surface area (Å²) in [4.78, 5) is 6.51. The van der Waals surface area contributed by atoms with E-state index in [0.717, 1.165) is 34.9 Å². The highest BCUT2D eigenvalue weighted by Gasteiger charge is 2.09. The lowest BCUT2D eigenvalue weighted by Gasteiger charge is -2.16. The van der Waals surface area contributed by atoms with E-state index in [-0.39, 0.29) is 5.82 Å². The number of aryl methyl sites for hydroxylation is 1. The Morgan fingerprint density at radius 3 is 2.80 bits per heavy atom. The Bertz CT molecular complexity index is 568. The van der Waals surface area contributed by atoms with E-state index in [1.54, 1.807) is 17.4 Å². The fourth-order valence-corrected chi connectivity index (χ4v) is 2.77. The molecule has 3 nitrogen and oxygen atoms in total. The normalized spacial score (nSPS) is 11.2. The van der Waals surface area contributed by atoms with Crippen molar-refractivity contribution in [3.63, 3.8) is 0 Å². The molecule has 0 fully saturated rings. The maximum absolute atomic E-state index is 13.9. The molecule has 2 aromatic rings. The summed E-state index contributed by atoms with van der Waals surface area (Å²) in [6, 6.07) is 5.29. The second-order valence-electron chi connectivity index (χ2n) is 4.99. The van der Waals surface area contributed by atoms with Crippen LogP contribution in [0.1, 0.15) is 21.8 Å². The average molecular weight is 293 g/mol. The first-order chi connectivity index (χ1) is 9.58. The summed E-state index contributed by atoms with van der Waals surface area (Å²) in [7, 11) is 3.87. The van der Waals surface area contributed by atoms with E-state index < -0.39 is 0 Å². The lowest BCUT2D eigenvalue weighted by molar-refractivity contribution is 0.310. The van der Waals surface area contributed by atoms with E-state index in [1.165, 1.54) is 0 Å². The minimum atomic E-state index is -0.147. The Morgan fingerprint density at radius 1 is 1.35 bits per heavy atom. The van der Waals surface area contributed by atoms with Crippen molar-refractivity contribution in [2.24, 2.45) is 0 Å². The number of thiazole rings is 1. The van der Waals surface area contributed by atoms with E-state index in [1.807, 2.05) is 33.2 Å². The Hall–Kier alpha value is -1.30. The Kier molecular flexibility index (Phi) is 5.23. The van der Waals surface area contributed by atoms with Crippen molar-refractivity contribution in [2.75, 3.05) is 14.1 Å². The van der Waals surface area contributed by atoms with Gasteiger partial charge < -0.3 is 5.32 Å². The lowest BCUT2D eigenvalue weighted by atomic mass is 10.1. The van der Waals surface area contributed by atoms with Gasteiger partial charge >= 0.3 is 0 Å². The summed E-state index contributed by atoms with van der Waals surface area (Å²) in [5.74, 6) is -0.147. The van der Waals surface area contributed by atoms with Crippen molar-refractivity contribution in [1.29, 1.82) is 0 Å². The Balaban J connectivity index is 2.02. The molecule has 20 heavy (non-hydrogen) atoms. The highest BCUT2D eigenvalue weighted by atomic mass is 32.1. The molecule has 0 atom stereocenters. The van der Waals surface area contributed by atoms with Gasteiger partial charge in [0, 0.05) is 30.6 Å². The maximum Gasteiger partial charge on any atom is 0.127 e. The standard InChI is InChI=1S/C15H20FN3S/c1-11-18-14(10-20-11)9-19(3)8-13-6-12(7-17-2)4-5-15(13)16/h4-6,10,17H,7-9H2,1-3H3. The van der Waals surface area contributed by atoms with Crippen LogP contribution >= 0.6 is 11.3 Å². The molecule has 0 unspecified atom stereocenters. The molecule has 0 radical (unpaired) electrons. The molecule has 1 aromatic carbocycles. The predicted molar refractivity (Wildman–Crippen MR) is 81.2 cm³/mol. The lowest BCUT2D eigenvalue weighted by Crippen LogP contribution is -2.18. The van der Waals surface area contributed by atoms with Crippen LogP contribution in [0.3, 0.4) is 0 Å². The third kappa shape index (κ3) is 4.10. The number of hydrogen-bond donors (Lipinski definition) is 1. The van der Waals surface area contributed by atoms with Crippen LogP contribution in [0.5, 0.6) is 0 Å². The summed E-state index contributed by atoms with van der Waals surface area (Å²) in [5.41, 5.74) is 2.87. The molecule has 0 aliphatic carbocycles. The molecular weight excluding hydrogens is 273 g/mol. The van der Waals surface area contributed by atoms with E-state index >= 15 is 0 Å². The van der Waals surface area contributed by atoms with E-state index in [2.05, 4.69) is 20.6 Å². The summed E-state index contributed by atoms with van der Waals surface area (Å²) in [6.45, 7) is 4.07. The predicted octanol–water partition coefficient (Wildman–Crippen LogP) is 2.94. The second kappa shape index (κ2) is 6.92. The van der Waals surface area contributed by atoms with Crippen LogP contribution in [0.15, 0.2) is 23.6 Å². The summed E-state index contributed by atoms with van der Waals surface area (Å²) < 4.78 is 13.9. The molecule has 0 amide bonds. The minimum absolute atomic E-state index is 0.147. The van der Waals surface area contributed by atoms with Gasteiger partial charge in [-0.2, -0.15) is 0 Å². The second-order valence-corrected chi connectivity index (χ2v) is 6.05. The van der Waals surface area contributed by atoms with Crippen LogP contribution in [-0.4, -0.2) is 24.0 Å². The number of hydrogen-bond acceptors (Lipinski definition) is 4. The van der Waals surface area contributed by atoms with Crippen LogP contribution in [0.4, 0.5) is 4.39 Å². The molecule has 2 rings (SSSR count). The summed E-state index contributed by atoms with van der Waals surface area (Å²) in [6.07, 6.45) is 0. The number of aromatic nitrogens is 1. The van der Waals surface area contributed by atoms with Crippen LogP contribution in [0.2, 0.25) is 0 Å². The van der Waals surface area contributed by atoms with Crippen molar-refractivity contribution >= 4 is 11.3 Å². The number of halogens is 1. The largest absolute Gasteiger partial charge is 0.316 e. The quantitative estimate of drug-likeness (QED) is 0.887. The van der Waals surface area contributed by atoms with Crippen molar-refractivity contribution in [2.45, 2.75) is 26.6 Å². The molecular formula is C15H20FN3S. The molecule has 0 saturated carbocycles. The van der Waals surface area contributed by atoms with Gasteiger partial charge in [0.1, 0.15) is 5.82 Å². The van der Waals surface area contributed by atoms with Gasteiger partial charge in [0.05, 0.1) is 10.7 Å². The molecule has 0 aliphatic rings. The number of benzene rings is 1. The highest BCUT2D eigenvalue weighted by Crippen LogP contribution is 2.15. The number of nitrogens with one attached hydrogen (secondary N) is 1. The van der Waals surface area contributed by atoms with Crippen LogP contribution in [-0.2, 0) is 19.6 Å². The fourth-order valence-electron chi connectivity index (χ4n) is 2.17. The van der Waals surface area contributed by atoms with Crippen molar-refractivity contribution in [1.82, 2.24) is 15.2 Å². The third-order valence-electron chi connectivity index (χ3n) is 3.03. The average Bonchev–Trinajstić information content (AvgIpc) is 2.79. The SMILES string of the molecule is CNCc1ccc(F)c(CN(C)Cc2csc(C)n2)c1. The summed E-state index contributed by atoms with van der Waals surface area (Å²) >= 11 is 1.64. The zero-order valence-corrected chi connectivity index (χ0v) is 12.9. The van der Waals surface area contributed by atoms with Gasteiger partial charge in [0.15, 0.2) is 0 Å². The van der Waals surface area contributed by atoms with Gasteiger partial charge in [-0.1, -0.05) is 12.1 Å². The van der Waals surface area contributed by atoms with Crippen LogP contribution < -0.4 is 5.32 Å². The molecule has 0 bridgehead atoms. The zero-order chi connectivity index (χ0) is 14.5. The topological polar surface area (TPSA) is 28.2 Å². The molecule has 1 N–H and O–H groups in total. The molecule has 1 aromatic heterocycles. The van der Waals surface area contributed by atoms with E-state index in [0.29, 0.717) is 6.54 Å². The number of nitrogens with zero attached hydrogens (tertiary/aromatic N) is 2. The third-order valence-corrected chi connectivity index (χ3v) is 3.85. The fraction of sp³-hybridized carbons (Fsp3) is 0.400. The van der Waals surface area contributed by atoms with Gasteiger partial charge in [0.25, 0.3) is 0 Å². The zero-order valence-electron chi connectivity index (χ0n) is 12.1. The molecule has 1 heterocycles. The van der Waals surface area contributed by atoms with E-state index in [9.17, 15) is 4.39 Å². The van der Waals surface area contributed by atoms with Gasteiger partial charge in [-0.25, -0.2) is 9.37 Å². The van der Waals surface area contributed by atoms with E-state index in [4.69, 9.17) is 0 Å². The molecule has 0 saturated heterocycles. The van der Waals surface area contributed by atoms with Crippen LogP contribution in [0.25, 0.3) is 0 Å². The first-order valence-corrected chi connectivity index (χ1v) is 7.48. The van der Waals surface area contributed by atoms with Gasteiger partial charge in [-0.05, 0) is 32.6 Å². The van der Waals surface area contributed by atoms with Gasteiger partial charge in [-0.3, -0.25) is 4.90 Å². The molecule has 0 spiro atoms. The van der Waals surface area contributed by atoms with Gasteiger partial charge in [0.2, 0.25) is 0 Å².